The first kappa shape index (κ1) is 19.0. The van der Waals surface area contributed by atoms with E-state index >= 15 is 0 Å². The topological polar surface area (TPSA) is 90.8 Å². The highest BCUT2D eigenvalue weighted by Crippen LogP contribution is 2.32. The Morgan fingerprint density at radius 1 is 1.28 bits per heavy atom. The molecule has 3 atom stereocenters. The highest BCUT2D eigenvalue weighted by Gasteiger charge is 2.28. The molecule has 0 radical (unpaired) electrons. The molecule has 0 saturated heterocycles. The van der Waals surface area contributed by atoms with E-state index in [1.165, 1.54) is 0 Å². The quantitative estimate of drug-likeness (QED) is 0.690. The number of amides is 1. The van der Waals surface area contributed by atoms with Crippen LogP contribution in [0.15, 0.2) is 48.5 Å². The van der Waals surface area contributed by atoms with Crippen LogP contribution >= 0.6 is 0 Å². The van der Waals surface area contributed by atoms with Crippen molar-refractivity contribution in [2.45, 2.75) is 50.7 Å². The van der Waals surface area contributed by atoms with E-state index in [1.807, 2.05) is 24.3 Å². The maximum absolute atomic E-state index is 12.6. The molecule has 1 amide bonds. The molecule has 3 unspecified atom stereocenters. The molecular formula is C23H24N4O2. The number of aromatic amines is 1. The minimum Gasteiger partial charge on any atom is -0.481 e. The highest BCUT2D eigenvalue weighted by atomic mass is 16.5. The Kier molecular flexibility index (Phi) is 5.48. The molecule has 29 heavy (non-hydrogen) atoms. The lowest BCUT2D eigenvalue weighted by atomic mass is 9.85. The van der Waals surface area contributed by atoms with Crippen molar-refractivity contribution >= 4 is 16.9 Å². The average Bonchev–Trinajstić information content (AvgIpc) is 3.18. The SMILES string of the molecule is CC(Oc1cccc(C#N)c1)C(=O)NC1CCCC(c2nc3ccccc3[nH]2)C1. The molecule has 1 saturated carbocycles. The predicted molar refractivity (Wildman–Crippen MR) is 110 cm³/mol. The van der Waals surface area contributed by atoms with Crippen LogP contribution in [0, 0.1) is 11.3 Å². The lowest BCUT2D eigenvalue weighted by molar-refractivity contribution is -0.128. The predicted octanol–water partition coefficient (Wildman–Crippen LogP) is 4.04. The Balaban J connectivity index is 1.37. The summed E-state index contributed by atoms with van der Waals surface area (Å²) in [6.45, 7) is 1.73. The number of rotatable bonds is 5. The molecule has 0 spiro atoms. The molecule has 0 aliphatic heterocycles. The van der Waals surface area contributed by atoms with E-state index in [9.17, 15) is 4.79 Å². The van der Waals surface area contributed by atoms with Crippen LogP contribution in [-0.2, 0) is 4.79 Å². The van der Waals surface area contributed by atoms with Crippen molar-refractivity contribution in [3.8, 4) is 11.8 Å². The third kappa shape index (κ3) is 4.40. The maximum Gasteiger partial charge on any atom is 0.260 e. The van der Waals surface area contributed by atoms with Gasteiger partial charge in [0.05, 0.1) is 22.7 Å². The Morgan fingerprint density at radius 2 is 2.14 bits per heavy atom. The molecule has 1 aromatic heterocycles. The van der Waals surface area contributed by atoms with Gasteiger partial charge in [0.2, 0.25) is 0 Å². The van der Waals surface area contributed by atoms with E-state index in [-0.39, 0.29) is 11.9 Å². The van der Waals surface area contributed by atoms with Crippen LogP contribution in [0.3, 0.4) is 0 Å². The molecule has 1 heterocycles. The second kappa shape index (κ2) is 8.36. The van der Waals surface area contributed by atoms with Crippen LogP contribution < -0.4 is 10.1 Å². The lowest BCUT2D eigenvalue weighted by Gasteiger charge is -2.29. The number of carbonyl (C=O) groups excluding carboxylic acids is 1. The fourth-order valence-corrected chi connectivity index (χ4v) is 3.95. The summed E-state index contributed by atoms with van der Waals surface area (Å²) in [6.07, 6.45) is 3.31. The first-order valence-electron chi connectivity index (χ1n) is 10.0. The monoisotopic (exact) mass is 388 g/mol. The number of hydrogen-bond donors (Lipinski definition) is 2. The van der Waals surface area contributed by atoms with E-state index < -0.39 is 6.10 Å². The number of nitrogens with zero attached hydrogens (tertiary/aromatic N) is 2. The summed E-state index contributed by atoms with van der Waals surface area (Å²) in [4.78, 5) is 20.8. The molecule has 6 heteroatoms. The zero-order chi connectivity index (χ0) is 20.2. The number of imidazole rings is 1. The second-order valence-corrected chi connectivity index (χ2v) is 7.61. The first-order valence-corrected chi connectivity index (χ1v) is 10.0. The van der Waals surface area contributed by atoms with Gasteiger partial charge in [-0.25, -0.2) is 4.98 Å². The van der Waals surface area contributed by atoms with Gasteiger partial charge in [-0.05, 0) is 56.5 Å². The average molecular weight is 388 g/mol. The van der Waals surface area contributed by atoms with Crippen molar-refractivity contribution in [3.63, 3.8) is 0 Å². The first-order chi connectivity index (χ1) is 14.1. The molecule has 2 aromatic carbocycles. The number of hydrogen-bond acceptors (Lipinski definition) is 4. The Labute approximate surface area is 169 Å². The van der Waals surface area contributed by atoms with Crippen molar-refractivity contribution in [1.82, 2.24) is 15.3 Å². The van der Waals surface area contributed by atoms with E-state index in [1.54, 1.807) is 31.2 Å². The Bertz CT molecular complexity index is 1020. The van der Waals surface area contributed by atoms with Crippen molar-refractivity contribution in [2.24, 2.45) is 0 Å². The molecule has 3 aromatic rings. The molecule has 1 aliphatic carbocycles. The van der Waals surface area contributed by atoms with Crippen LogP contribution in [0.1, 0.15) is 49.9 Å². The summed E-state index contributed by atoms with van der Waals surface area (Å²) < 4.78 is 5.73. The number of benzene rings is 2. The zero-order valence-electron chi connectivity index (χ0n) is 16.4. The number of nitrogens with one attached hydrogen (secondary N) is 2. The summed E-state index contributed by atoms with van der Waals surface area (Å²) in [5.74, 6) is 1.70. The van der Waals surface area contributed by atoms with E-state index in [0.29, 0.717) is 17.2 Å². The number of aromatic nitrogens is 2. The van der Waals surface area contributed by atoms with Crippen molar-refractivity contribution in [1.29, 1.82) is 5.26 Å². The number of nitriles is 1. The number of H-pyrrole nitrogens is 1. The summed E-state index contributed by atoms with van der Waals surface area (Å²) in [5.41, 5.74) is 2.54. The summed E-state index contributed by atoms with van der Waals surface area (Å²) in [7, 11) is 0. The fourth-order valence-electron chi connectivity index (χ4n) is 3.95. The third-order valence-electron chi connectivity index (χ3n) is 5.46. The summed E-state index contributed by atoms with van der Waals surface area (Å²) >= 11 is 0. The lowest BCUT2D eigenvalue weighted by Crippen LogP contribution is -2.44. The summed E-state index contributed by atoms with van der Waals surface area (Å²) in [5, 5.41) is 12.1. The molecule has 2 N–H and O–H groups in total. The molecule has 6 nitrogen and oxygen atoms in total. The van der Waals surface area contributed by atoms with Crippen LogP contribution in [-0.4, -0.2) is 28.0 Å². The highest BCUT2D eigenvalue weighted by molar-refractivity contribution is 5.81. The van der Waals surface area contributed by atoms with Crippen molar-refractivity contribution < 1.29 is 9.53 Å². The largest absolute Gasteiger partial charge is 0.481 e. The second-order valence-electron chi connectivity index (χ2n) is 7.61. The van der Waals surface area contributed by atoms with Gasteiger partial charge in [-0.15, -0.1) is 0 Å². The molecular weight excluding hydrogens is 364 g/mol. The van der Waals surface area contributed by atoms with E-state index in [0.717, 1.165) is 42.5 Å². The van der Waals surface area contributed by atoms with Crippen molar-refractivity contribution in [3.05, 3.63) is 59.9 Å². The smallest absolute Gasteiger partial charge is 0.260 e. The number of para-hydroxylation sites is 2. The van der Waals surface area contributed by atoms with Crippen LogP contribution in [0.2, 0.25) is 0 Å². The third-order valence-corrected chi connectivity index (χ3v) is 5.46. The van der Waals surface area contributed by atoms with Gasteiger partial charge in [0.1, 0.15) is 11.6 Å². The van der Waals surface area contributed by atoms with Crippen molar-refractivity contribution in [2.75, 3.05) is 0 Å². The Morgan fingerprint density at radius 3 is 2.97 bits per heavy atom. The minimum atomic E-state index is -0.629. The molecule has 4 rings (SSSR count). The molecule has 148 valence electrons. The standard InChI is InChI=1S/C23H24N4O2/c1-15(29-19-9-4-6-16(12-19)14-24)23(28)25-18-8-5-7-17(13-18)22-26-20-10-2-3-11-21(20)27-22/h2-4,6,9-12,15,17-18H,5,7-8,13H2,1H3,(H,25,28)(H,26,27). The van der Waals surface area contributed by atoms with Crippen LogP contribution in [0.5, 0.6) is 5.75 Å². The van der Waals surface area contributed by atoms with E-state index in [2.05, 4.69) is 16.4 Å². The van der Waals surface area contributed by atoms with Gasteiger partial charge in [0.15, 0.2) is 6.10 Å². The molecule has 1 fully saturated rings. The van der Waals surface area contributed by atoms with Gasteiger partial charge < -0.3 is 15.0 Å². The summed E-state index contributed by atoms with van der Waals surface area (Å²) in [6, 6.07) is 17.1. The number of ether oxygens (including phenoxy) is 1. The fraction of sp³-hybridized carbons (Fsp3) is 0.348. The molecule has 0 bridgehead atoms. The van der Waals surface area contributed by atoms with Crippen LogP contribution in [0.25, 0.3) is 11.0 Å². The van der Waals surface area contributed by atoms with Gasteiger partial charge in [-0.3, -0.25) is 4.79 Å². The normalized spacial score (nSPS) is 20.0. The Hall–Kier alpha value is -3.33. The minimum absolute atomic E-state index is 0.103. The van der Waals surface area contributed by atoms with Gasteiger partial charge in [0, 0.05) is 12.0 Å². The number of carbonyl (C=O) groups is 1. The zero-order valence-corrected chi connectivity index (χ0v) is 16.4. The van der Waals surface area contributed by atoms with Gasteiger partial charge in [-0.2, -0.15) is 5.26 Å². The van der Waals surface area contributed by atoms with Gasteiger partial charge in [0.25, 0.3) is 5.91 Å². The maximum atomic E-state index is 12.6. The van der Waals surface area contributed by atoms with Gasteiger partial charge >= 0.3 is 0 Å². The van der Waals surface area contributed by atoms with Crippen LogP contribution in [0.4, 0.5) is 0 Å². The molecule has 1 aliphatic rings. The number of fused-ring (bicyclic) bond motifs is 1. The van der Waals surface area contributed by atoms with Gasteiger partial charge in [-0.1, -0.05) is 24.6 Å². The van der Waals surface area contributed by atoms with E-state index in [4.69, 9.17) is 15.0 Å².